The molecule has 2 aromatic rings. The van der Waals surface area contributed by atoms with E-state index in [1.54, 1.807) is 12.1 Å². The van der Waals surface area contributed by atoms with E-state index in [0.717, 1.165) is 16.3 Å². The average Bonchev–Trinajstić information content (AvgIpc) is 2.65. The highest BCUT2D eigenvalue weighted by Crippen LogP contribution is 2.15. The first kappa shape index (κ1) is 19.8. The lowest BCUT2D eigenvalue weighted by molar-refractivity contribution is 0.0474. The quantitative estimate of drug-likeness (QED) is 0.549. The van der Waals surface area contributed by atoms with Crippen molar-refractivity contribution in [2.75, 3.05) is 20.7 Å². The van der Waals surface area contributed by atoms with E-state index in [0.29, 0.717) is 5.56 Å². The van der Waals surface area contributed by atoms with Gasteiger partial charge in [-0.05, 0) is 36.2 Å². The van der Waals surface area contributed by atoms with E-state index in [2.05, 4.69) is 0 Å². The molecule has 0 aliphatic rings. The van der Waals surface area contributed by atoms with Gasteiger partial charge in [-0.25, -0.2) is 17.5 Å². The van der Waals surface area contributed by atoms with Gasteiger partial charge in [-0.3, -0.25) is 4.79 Å². The van der Waals surface area contributed by atoms with Gasteiger partial charge in [-0.15, -0.1) is 0 Å². The van der Waals surface area contributed by atoms with Crippen LogP contribution in [0.25, 0.3) is 0 Å². The molecule has 138 valence electrons. The summed E-state index contributed by atoms with van der Waals surface area (Å²) in [5.74, 6) is -0.981. The Bertz CT molecular complexity index is 885. The predicted octanol–water partition coefficient (Wildman–Crippen LogP) is 2.54. The molecular weight excluding hydrogens is 354 g/mol. The van der Waals surface area contributed by atoms with Crippen LogP contribution in [0.1, 0.15) is 33.2 Å². The SMILES string of the molecule is CCc1ccc(C(=O)COC(=O)c2ccc(S(=O)(=O)N(C)C)cc2)cc1. The molecule has 0 aromatic heterocycles. The van der Waals surface area contributed by atoms with Crippen LogP contribution in [0.3, 0.4) is 0 Å². The van der Waals surface area contributed by atoms with E-state index >= 15 is 0 Å². The van der Waals surface area contributed by atoms with Gasteiger partial charge in [0, 0.05) is 19.7 Å². The van der Waals surface area contributed by atoms with Crippen LogP contribution in [0.2, 0.25) is 0 Å². The number of nitrogens with zero attached hydrogens (tertiary/aromatic N) is 1. The molecule has 6 nitrogen and oxygen atoms in total. The van der Waals surface area contributed by atoms with Crippen molar-refractivity contribution in [2.24, 2.45) is 0 Å². The first-order valence-electron chi connectivity index (χ1n) is 8.07. The van der Waals surface area contributed by atoms with Gasteiger partial charge in [0.2, 0.25) is 10.0 Å². The summed E-state index contributed by atoms with van der Waals surface area (Å²) in [5, 5.41) is 0. The standard InChI is InChI=1S/C19H21NO5S/c1-4-14-5-7-15(8-6-14)18(21)13-25-19(22)16-9-11-17(12-10-16)26(23,24)20(2)3/h5-12H,4,13H2,1-3H3. The first-order valence-corrected chi connectivity index (χ1v) is 9.51. The fourth-order valence-electron chi connectivity index (χ4n) is 2.20. The third-order valence-corrected chi connectivity index (χ3v) is 5.72. The zero-order valence-corrected chi connectivity index (χ0v) is 15.7. The van der Waals surface area contributed by atoms with Gasteiger partial charge in [0.15, 0.2) is 12.4 Å². The molecule has 0 unspecified atom stereocenters. The number of ketones is 1. The maximum absolute atomic E-state index is 12.1. The summed E-state index contributed by atoms with van der Waals surface area (Å²) in [6.45, 7) is 1.65. The Morgan fingerprint density at radius 3 is 1.96 bits per heavy atom. The molecule has 0 saturated carbocycles. The Hall–Kier alpha value is -2.51. The van der Waals surface area contributed by atoms with Gasteiger partial charge < -0.3 is 4.74 Å². The summed E-state index contributed by atoms with van der Waals surface area (Å²) >= 11 is 0. The Kier molecular flexibility index (Phi) is 6.28. The number of sulfonamides is 1. The van der Waals surface area contributed by atoms with E-state index in [9.17, 15) is 18.0 Å². The van der Waals surface area contributed by atoms with Gasteiger partial charge in [-0.2, -0.15) is 0 Å². The molecule has 26 heavy (non-hydrogen) atoms. The van der Waals surface area contributed by atoms with Gasteiger partial charge in [0.1, 0.15) is 0 Å². The molecule has 0 bridgehead atoms. The highest BCUT2D eigenvalue weighted by molar-refractivity contribution is 7.89. The minimum atomic E-state index is -3.56. The smallest absolute Gasteiger partial charge is 0.338 e. The van der Waals surface area contributed by atoms with E-state index < -0.39 is 16.0 Å². The van der Waals surface area contributed by atoms with Crippen molar-refractivity contribution in [1.29, 1.82) is 0 Å². The van der Waals surface area contributed by atoms with Crippen LogP contribution >= 0.6 is 0 Å². The Labute approximate surface area is 153 Å². The number of carbonyl (C=O) groups excluding carboxylic acids is 2. The zero-order valence-electron chi connectivity index (χ0n) is 14.9. The molecule has 0 radical (unpaired) electrons. The highest BCUT2D eigenvalue weighted by atomic mass is 32.2. The number of hydrogen-bond donors (Lipinski definition) is 0. The topological polar surface area (TPSA) is 80.8 Å². The molecule has 0 N–H and O–H groups in total. The molecule has 7 heteroatoms. The Balaban J connectivity index is 2.00. The number of rotatable bonds is 7. The molecular formula is C19H21NO5S. The number of benzene rings is 2. The van der Waals surface area contributed by atoms with Crippen molar-refractivity contribution >= 4 is 21.8 Å². The first-order chi connectivity index (χ1) is 12.3. The summed E-state index contributed by atoms with van der Waals surface area (Å²) in [4.78, 5) is 24.2. The van der Waals surface area contributed by atoms with E-state index in [-0.39, 0.29) is 22.8 Å². The number of aryl methyl sites for hydroxylation is 1. The second kappa shape index (κ2) is 8.25. The van der Waals surface area contributed by atoms with Crippen molar-refractivity contribution in [3.63, 3.8) is 0 Å². The molecule has 2 rings (SSSR count). The fourth-order valence-corrected chi connectivity index (χ4v) is 3.10. The van der Waals surface area contributed by atoms with Crippen LogP contribution in [0.4, 0.5) is 0 Å². The molecule has 0 spiro atoms. The van der Waals surface area contributed by atoms with Crippen LogP contribution in [0.15, 0.2) is 53.4 Å². The van der Waals surface area contributed by atoms with Crippen LogP contribution in [-0.4, -0.2) is 45.2 Å². The number of hydrogen-bond acceptors (Lipinski definition) is 5. The van der Waals surface area contributed by atoms with Crippen LogP contribution in [0, 0.1) is 0 Å². The van der Waals surface area contributed by atoms with Crippen molar-refractivity contribution < 1.29 is 22.7 Å². The van der Waals surface area contributed by atoms with Gasteiger partial charge >= 0.3 is 5.97 Å². The summed E-state index contributed by atoms with van der Waals surface area (Å²) in [6.07, 6.45) is 0.878. The second-order valence-corrected chi connectivity index (χ2v) is 8.01. The summed E-state index contributed by atoms with van der Waals surface area (Å²) < 4.78 is 30.1. The lowest BCUT2D eigenvalue weighted by atomic mass is 10.1. The maximum Gasteiger partial charge on any atom is 0.338 e. The average molecular weight is 375 g/mol. The normalized spacial score (nSPS) is 11.4. The second-order valence-electron chi connectivity index (χ2n) is 5.86. The van der Waals surface area contributed by atoms with Crippen LogP contribution in [-0.2, 0) is 21.2 Å². The zero-order chi connectivity index (χ0) is 19.3. The molecule has 0 saturated heterocycles. The number of ether oxygens (including phenoxy) is 1. The van der Waals surface area contributed by atoms with Crippen LogP contribution in [0.5, 0.6) is 0 Å². The van der Waals surface area contributed by atoms with Gasteiger partial charge in [0.05, 0.1) is 10.5 Å². The molecule has 2 aromatic carbocycles. The largest absolute Gasteiger partial charge is 0.454 e. The molecule has 0 heterocycles. The lowest BCUT2D eigenvalue weighted by Gasteiger charge is -2.11. The number of carbonyl (C=O) groups is 2. The maximum atomic E-state index is 12.1. The van der Waals surface area contributed by atoms with Crippen LogP contribution < -0.4 is 0 Å². The molecule has 0 aliphatic carbocycles. The minimum absolute atomic E-state index is 0.0751. The third-order valence-electron chi connectivity index (χ3n) is 3.89. The fraction of sp³-hybridized carbons (Fsp3) is 0.263. The summed E-state index contributed by atoms with van der Waals surface area (Å²) in [5.41, 5.74) is 1.77. The van der Waals surface area contributed by atoms with E-state index in [1.807, 2.05) is 19.1 Å². The summed E-state index contributed by atoms with van der Waals surface area (Å²) in [7, 11) is -0.706. The van der Waals surface area contributed by atoms with Gasteiger partial charge in [-0.1, -0.05) is 31.2 Å². The van der Waals surface area contributed by atoms with Crippen molar-refractivity contribution in [3.05, 3.63) is 65.2 Å². The lowest BCUT2D eigenvalue weighted by Crippen LogP contribution is -2.22. The molecule has 0 fully saturated rings. The monoisotopic (exact) mass is 375 g/mol. The van der Waals surface area contributed by atoms with Crippen molar-refractivity contribution in [3.8, 4) is 0 Å². The Morgan fingerprint density at radius 1 is 0.923 bits per heavy atom. The van der Waals surface area contributed by atoms with E-state index in [1.165, 1.54) is 38.4 Å². The molecule has 0 atom stereocenters. The van der Waals surface area contributed by atoms with Crippen molar-refractivity contribution in [1.82, 2.24) is 4.31 Å². The summed E-state index contributed by atoms with van der Waals surface area (Å²) in [6, 6.07) is 12.5. The number of Topliss-reactive ketones (excluding diaryl/α,β-unsaturated/α-hetero) is 1. The minimum Gasteiger partial charge on any atom is -0.454 e. The van der Waals surface area contributed by atoms with Crippen molar-refractivity contribution in [2.45, 2.75) is 18.2 Å². The predicted molar refractivity (Wildman–Crippen MR) is 97.7 cm³/mol. The molecule has 0 amide bonds. The number of esters is 1. The third kappa shape index (κ3) is 4.56. The van der Waals surface area contributed by atoms with Gasteiger partial charge in [0.25, 0.3) is 0 Å². The van der Waals surface area contributed by atoms with E-state index in [4.69, 9.17) is 4.74 Å². The Morgan fingerprint density at radius 2 is 1.46 bits per heavy atom. The highest BCUT2D eigenvalue weighted by Gasteiger charge is 2.18. The molecule has 0 aliphatic heterocycles.